The Labute approximate surface area is 159 Å². The molecule has 0 radical (unpaired) electrons. The number of nitrogens with zero attached hydrogens (tertiary/aromatic N) is 2. The Balaban J connectivity index is 1.65. The maximum Gasteiger partial charge on any atom is 0.272 e. The molecule has 0 spiro atoms. The van der Waals surface area contributed by atoms with Gasteiger partial charge in [-0.3, -0.25) is 9.89 Å². The van der Waals surface area contributed by atoms with Gasteiger partial charge in [-0.2, -0.15) is 9.40 Å². The molecule has 0 atom stereocenters. The van der Waals surface area contributed by atoms with Crippen LogP contribution in [0.4, 0.5) is 0 Å². The van der Waals surface area contributed by atoms with Crippen molar-refractivity contribution in [1.29, 1.82) is 0 Å². The molecule has 0 aliphatic carbocycles. The molecule has 1 aliphatic heterocycles. The number of aromatic nitrogens is 2. The zero-order chi connectivity index (χ0) is 19.4. The Morgan fingerprint density at radius 3 is 2.59 bits per heavy atom. The maximum absolute atomic E-state index is 12.5. The van der Waals surface area contributed by atoms with Crippen LogP contribution >= 0.6 is 0 Å². The van der Waals surface area contributed by atoms with Crippen LogP contribution < -0.4 is 10.6 Å². The molecule has 2 heterocycles. The van der Waals surface area contributed by atoms with Crippen molar-refractivity contribution in [1.82, 2.24) is 25.1 Å². The van der Waals surface area contributed by atoms with Crippen molar-refractivity contribution in [2.75, 3.05) is 19.6 Å². The number of rotatable bonds is 7. The molecule has 3 rings (SSSR count). The van der Waals surface area contributed by atoms with E-state index in [9.17, 15) is 13.2 Å². The van der Waals surface area contributed by atoms with E-state index in [1.807, 2.05) is 13.8 Å². The van der Waals surface area contributed by atoms with Crippen LogP contribution in [-0.4, -0.2) is 48.5 Å². The van der Waals surface area contributed by atoms with Gasteiger partial charge in [0.2, 0.25) is 10.0 Å². The fourth-order valence-electron chi connectivity index (χ4n) is 3.17. The third-order valence-corrected chi connectivity index (χ3v) is 6.81. The number of fused-ring (bicyclic) bond motifs is 1. The first-order valence-corrected chi connectivity index (χ1v) is 10.6. The van der Waals surface area contributed by atoms with E-state index in [-0.39, 0.29) is 10.8 Å². The Bertz CT molecular complexity index is 902. The lowest BCUT2D eigenvalue weighted by Crippen LogP contribution is -2.30. The number of carbonyl (C=O) groups is 1. The zero-order valence-corrected chi connectivity index (χ0v) is 16.4. The Kier molecular flexibility index (Phi) is 5.93. The summed E-state index contributed by atoms with van der Waals surface area (Å²) in [6.45, 7) is 6.30. The Morgan fingerprint density at radius 2 is 1.93 bits per heavy atom. The van der Waals surface area contributed by atoms with E-state index >= 15 is 0 Å². The topological polar surface area (TPSA) is 107 Å². The first-order chi connectivity index (χ1) is 13.0. The second-order valence-corrected chi connectivity index (χ2v) is 8.31. The van der Waals surface area contributed by atoms with Gasteiger partial charge in [0, 0.05) is 50.4 Å². The lowest BCUT2D eigenvalue weighted by Gasteiger charge is -2.18. The Morgan fingerprint density at radius 1 is 1.22 bits per heavy atom. The summed E-state index contributed by atoms with van der Waals surface area (Å²) < 4.78 is 26.4. The fourth-order valence-corrected chi connectivity index (χ4v) is 4.63. The van der Waals surface area contributed by atoms with Crippen LogP contribution in [0.5, 0.6) is 0 Å². The molecule has 0 saturated carbocycles. The second-order valence-electron chi connectivity index (χ2n) is 6.37. The van der Waals surface area contributed by atoms with Crippen LogP contribution in [0.3, 0.4) is 0 Å². The van der Waals surface area contributed by atoms with Crippen LogP contribution in [0, 0.1) is 0 Å². The van der Waals surface area contributed by atoms with Gasteiger partial charge in [0.15, 0.2) is 5.69 Å². The molecule has 146 valence electrons. The van der Waals surface area contributed by atoms with E-state index in [0.29, 0.717) is 31.9 Å². The highest BCUT2D eigenvalue weighted by molar-refractivity contribution is 7.89. The first kappa shape index (κ1) is 19.5. The van der Waals surface area contributed by atoms with Gasteiger partial charge in [0.05, 0.1) is 4.90 Å². The number of hydrogen-bond donors (Lipinski definition) is 3. The molecule has 1 amide bonds. The van der Waals surface area contributed by atoms with E-state index in [1.165, 1.54) is 4.31 Å². The van der Waals surface area contributed by atoms with Gasteiger partial charge in [0.25, 0.3) is 5.91 Å². The summed E-state index contributed by atoms with van der Waals surface area (Å²) in [6.07, 6.45) is 0.831. The van der Waals surface area contributed by atoms with E-state index in [1.54, 1.807) is 24.3 Å². The zero-order valence-electron chi connectivity index (χ0n) is 15.6. The summed E-state index contributed by atoms with van der Waals surface area (Å²) in [6, 6.07) is 6.60. The highest BCUT2D eigenvalue weighted by Gasteiger charge is 2.22. The van der Waals surface area contributed by atoms with Crippen LogP contribution in [0.15, 0.2) is 29.2 Å². The summed E-state index contributed by atoms with van der Waals surface area (Å²) in [5.41, 5.74) is 3.16. The number of amides is 1. The molecule has 8 nitrogen and oxygen atoms in total. The highest BCUT2D eigenvalue weighted by Crippen LogP contribution is 2.17. The quantitative estimate of drug-likeness (QED) is 0.653. The van der Waals surface area contributed by atoms with Crippen molar-refractivity contribution in [3.05, 3.63) is 46.8 Å². The molecule has 9 heteroatoms. The summed E-state index contributed by atoms with van der Waals surface area (Å²) >= 11 is 0. The number of carbonyl (C=O) groups excluding carboxylic acids is 1. The maximum atomic E-state index is 12.5. The van der Waals surface area contributed by atoms with Crippen LogP contribution in [0.2, 0.25) is 0 Å². The standard InChI is InChI=1S/C18H25N5O3S/c1-3-23(4-2)27(25,26)14-7-5-13(6-8-14)11-20-18(24)17-15-12-19-10-9-16(15)21-22-17/h5-8,19H,3-4,9-12H2,1-2H3,(H,20,24)(H,21,22). The number of hydrogen-bond acceptors (Lipinski definition) is 5. The van der Waals surface area contributed by atoms with Gasteiger partial charge >= 0.3 is 0 Å². The average molecular weight is 391 g/mol. The molecule has 3 N–H and O–H groups in total. The predicted molar refractivity (Wildman–Crippen MR) is 102 cm³/mol. The van der Waals surface area contributed by atoms with E-state index in [0.717, 1.165) is 29.8 Å². The SMILES string of the molecule is CCN(CC)S(=O)(=O)c1ccc(CNC(=O)c2n[nH]c3c2CNCC3)cc1. The van der Waals surface area contributed by atoms with Crippen LogP contribution in [-0.2, 0) is 29.5 Å². The lowest BCUT2D eigenvalue weighted by molar-refractivity contribution is 0.0944. The molecular weight excluding hydrogens is 366 g/mol. The molecule has 1 aromatic heterocycles. The van der Waals surface area contributed by atoms with Gasteiger partial charge in [-0.15, -0.1) is 0 Å². The van der Waals surface area contributed by atoms with Gasteiger partial charge < -0.3 is 10.6 Å². The van der Waals surface area contributed by atoms with Gasteiger partial charge in [0.1, 0.15) is 0 Å². The van der Waals surface area contributed by atoms with E-state index < -0.39 is 10.0 Å². The van der Waals surface area contributed by atoms with Gasteiger partial charge in [-0.25, -0.2) is 8.42 Å². The van der Waals surface area contributed by atoms with Crippen LogP contribution in [0.25, 0.3) is 0 Å². The molecule has 2 aromatic rings. The highest BCUT2D eigenvalue weighted by atomic mass is 32.2. The molecular formula is C18H25N5O3S. The smallest absolute Gasteiger partial charge is 0.272 e. The third-order valence-electron chi connectivity index (χ3n) is 4.74. The van der Waals surface area contributed by atoms with Crippen molar-refractivity contribution in [2.45, 2.75) is 38.3 Å². The van der Waals surface area contributed by atoms with Crippen molar-refractivity contribution in [3.63, 3.8) is 0 Å². The number of sulfonamides is 1. The third kappa shape index (κ3) is 4.05. The molecule has 0 saturated heterocycles. The lowest BCUT2D eigenvalue weighted by atomic mass is 10.1. The molecule has 0 bridgehead atoms. The number of H-pyrrole nitrogens is 1. The van der Waals surface area contributed by atoms with E-state index in [2.05, 4.69) is 20.8 Å². The van der Waals surface area contributed by atoms with Crippen LogP contribution in [0.1, 0.15) is 41.2 Å². The fraction of sp³-hybridized carbons (Fsp3) is 0.444. The minimum atomic E-state index is -3.47. The van der Waals surface area contributed by atoms with Crippen molar-refractivity contribution < 1.29 is 13.2 Å². The van der Waals surface area contributed by atoms with Crippen molar-refractivity contribution >= 4 is 15.9 Å². The predicted octanol–water partition coefficient (Wildman–Crippen LogP) is 1.02. The summed E-state index contributed by atoms with van der Waals surface area (Å²) in [7, 11) is -3.47. The number of nitrogens with one attached hydrogen (secondary N) is 3. The molecule has 27 heavy (non-hydrogen) atoms. The second kappa shape index (κ2) is 8.20. The Hall–Kier alpha value is -2.23. The number of benzene rings is 1. The van der Waals surface area contributed by atoms with Crippen molar-refractivity contribution in [3.8, 4) is 0 Å². The van der Waals surface area contributed by atoms with E-state index in [4.69, 9.17) is 0 Å². The summed E-state index contributed by atoms with van der Waals surface area (Å²) in [5, 5.41) is 13.1. The first-order valence-electron chi connectivity index (χ1n) is 9.11. The number of aromatic amines is 1. The monoisotopic (exact) mass is 391 g/mol. The molecule has 0 fully saturated rings. The molecule has 1 aliphatic rings. The summed E-state index contributed by atoms with van der Waals surface area (Å²) in [5.74, 6) is -0.240. The minimum absolute atomic E-state index is 0.240. The molecule has 1 aromatic carbocycles. The van der Waals surface area contributed by atoms with Gasteiger partial charge in [-0.1, -0.05) is 26.0 Å². The minimum Gasteiger partial charge on any atom is -0.347 e. The van der Waals surface area contributed by atoms with Crippen molar-refractivity contribution in [2.24, 2.45) is 0 Å². The largest absolute Gasteiger partial charge is 0.347 e. The van der Waals surface area contributed by atoms with Gasteiger partial charge in [-0.05, 0) is 17.7 Å². The summed E-state index contributed by atoms with van der Waals surface area (Å²) in [4.78, 5) is 12.7. The average Bonchev–Trinajstić information content (AvgIpc) is 3.11. The molecule has 0 unspecified atom stereocenters. The normalized spacial score (nSPS) is 14.2.